The summed E-state index contributed by atoms with van der Waals surface area (Å²) in [6.45, 7) is 1.10. The highest BCUT2D eigenvalue weighted by molar-refractivity contribution is 5.92. The Morgan fingerprint density at radius 1 is 1.09 bits per heavy atom. The zero-order valence-electron chi connectivity index (χ0n) is 18.1. The highest BCUT2D eigenvalue weighted by Gasteiger charge is 2.29. The van der Waals surface area contributed by atoms with Crippen molar-refractivity contribution in [3.05, 3.63) is 106 Å². The number of nitrogens with one attached hydrogen (secondary N) is 1. The maximum absolute atomic E-state index is 13.2. The number of piperidine rings is 1. The molecule has 0 bridgehead atoms. The van der Waals surface area contributed by atoms with Gasteiger partial charge in [-0.1, -0.05) is 60.7 Å². The summed E-state index contributed by atoms with van der Waals surface area (Å²) in [6, 6.07) is 20.7. The number of aromatic nitrogens is 3. The van der Waals surface area contributed by atoms with E-state index in [2.05, 4.69) is 27.1 Å². The Kier molecular flexibility index (Phi) is 5.85. The Morgan fingerprint density at radius 3 is 2.64 bits per heavy atom. The van der Waals surface area contributed by atoms with Gasteiger partial charge in [0.05, 0.1) is 12.1 Å². The topological polar surface area (TPSA) is 92.1 Å². The number of H-pyrrole nitrogens is 1. The van der Waals surface area contributed by atoms with Crippen molar-refractivity contribution in [3.8, 4) is 11.4 Å². The summed E-state index contributed by atoms with van der Waals surface area (Å²) in [5.41, 5.74) is 1.72. The average molecular weight is 441 g/mol. The van der Waals surface area contributed by atoms with Gasteiger partial charge in [-0.2, -0.15) is 0 Å². The number of benzene rings is 2. The number of hydrogen-bond donors (Lipinski definition) is 1. The van der Waals surface area contributed by atoms with Crippen LogP contribution in [0.15, 0.2) is 82.1 Å². The first-order chi connectivity index (χ1) is 16.2. The molecule has 1 amide bonds. The summed E-state index contributed by atoms with van der Waals surface area (Å²) >= 11 is 0. The van der Waals surface area contributed by atoms with E-state index in [0.29, 0.717) is 31.2 Å². The molecule has 1 atom stereocenters. The third-order valence-electron chi connectivity index (χ3n) is 5.86. The first kappa shape index (κ1) is 20.9. The normalized spacial score (nSPS) is 16.0. The van der Waals surface area contributed by atoms with Gasteiger partial charge in [0.2, 0.25) is 0 Å². The maximum atomic E-state index is 13.2. The third-order valence-corrected chi connectivity index (χ3v) is 5.86. The third kappa shape index (κ3) is 4.77. The summed E-state index contributed by atoms with van der Waals surface area (Å²) in [5.74, 6) is 1.62. The summed E-state index contributed by atoms with van der Waals surface area (Å²) in [7, 11) is 0. The lowest BCUT2D eigenvalue weighted by Crippen LogP contribution is -2.40. The van der Waals surface area contributed by atoms with E-state index < -0.39 is 0 Å². The van der Waals surface area contributed by atoms with Crippen LogP contribution < -0.4 is 5.56 Å². The molecule has 2 aromatic heterocycles. The van der Waals surface area contributed by atoms with Crippen molar-refractivity contribution in [1.29, 1.82) is 0 Å². The van der Waals surface area contributed by atoms with Gasteiger partial charge in [0.25, 0.3) is 11.5 Å². The number of likely N-dealkylation sites (tertiary alicyclic amines) is 1. The van der Waals surface area contributed by atoms with Crippen LogP contribution >= 0.6 is 0 Å². The number of nitrogens with zero attached hydrogens (tertiary/aromatic N) is 3. The second-order valence-corrected chi connectivity index (χ2v) is 8.26. The lowest BCUT2D eigenvalue weighted by molar-refractivity contribution is 0.0691. The standard InChI is InChI=1S/C26H24N4O3/c31-23-15-22(28-24(29-23)19-10-5-2-6-11-19)26(32)30-13-7-12-20(17-30)25-27-16-21(33-25)14-18-8-3-1-4-9-18/h1-6,8-11,15-16,20H,7,12-14,17H2,(H,28,29,31)/t20-/m1/s1. The minimum absolute atomic E-state index is 0.0165. The highest BCUT2D eigenvalue weighted by Crippen LogP contribution is 2.28. The van der Waals surface area contributed by atoms with Gasteiger partial charge in [0.1, 0.15) is 17.3 Å². The fraction of sp³-hybridized carbons (Fsp3) is 0.231. The van der Waals surface area contributed by atoms with Crippen LogP contribution in [0.3, 0.4) is 0 Å². The van der Waals surface area contributed by atoms with E-state index in [-0.39, 0.29) is 23.1 Å². The highest BCUT2D eigenvalue weighted by atomic mass is 16.4. The van der Waals surface area contributed by atoms with Crippen LogP contribution in [0.2, 0.25) is 0 Å². The Bertz CT molecular complexity index is 1300. The second kappa shape index (κ2) is 9.24. The van der Waals surface area contributed by atoms with E-state index in [1.54, 1.807) is 11.1 Å². The van der Waals surface area contributed by atoms with E-state index in [0.717, 1.165) is 29.7 Å². The Labute approximate surface area is 191 Å². The van der Waals surface area contributed by atoms with Crippen LogP contribution in [0.1, 0.15) is 46.5 Å². The molecule has 1 N–H and O–H groups in total. The van der Waals surface area contributed by atoms with Crippen LogP contribution in [-0.4, -0.2) is 38.8 Å². The molecule has 3 heterocycles. The van der Waals surface area contributed by atoms with E-state index in [4.69, 9.17) is 4.42 Å². The van der Waals surface area contributed by atoms with Crippen molar-refractivity contribution in [3.63, 3.8) is 0 Å². The van der Waals surface area contributed by atoms with E-state index in [9.17, 15) is 9.59 Å². The molecular formula is C26H24N4O3. The van der Waals surface area contributed by atoms with Gasteiger partial charge in [-0.05, 0) is 18.4 Å². The second-order valence-electron chi connectivity index (χ2n) is 8.26. The molecule has 0 aliphatic carbocycles. The number of oxazole rings is 1. The summed E-state index contributed by atoms with van der Waals surface area (Å²) in [6.07, 6.45) is 4.18. The molecule has 166 valence electrons. The number of rotatable bonds is 5. The van der Waals surface area contributed by atoms with Crippen molar-refractivity contribution < 1.29 is 9.21 Å². The average Bonchev–Trinajstić information content (AvgIpc) is 3.33. The summed E-state index contributed by atoms with van der Waals surface area (Å²) in [4.78, 5) is 38.8. The van der Waals surface area contributed by atoms with Crippen LogP contribution in [0.4, 0.5) is 0 Å². The molecule has 0 saturated carbocycles. The Balaban J connectivity index is 1.32. The molecule has 2 aromatic carbocycles. The minimum Gasteiger partial charge on any atom is -0.445 e. The molecule has 7 nitrogen and oxygen atoms in total. The number of carbonyl (C=O) groups is 1. The molecule has 1 fully saturated rings. The number of carbonyl (C=O) groups excluding carboxylic acids is 1. The molecule has 5 rings (SSSR count). The Morgan fingerprint density at radius 2 is 1.85 bits per heavy atom. The Hall–Kier alpha value is -4.00. The molecule has 0 spiro atoms. The van der Waals surface area contributed by atoms with Gasteiger partial charge in [0, 0.05) is 31.1 Å². The van der Waals surface area contributed by atoms with Gasteiger partial charge in [0.15, 0.2) is 5.89 Å². The van der Waals surface area contributed by atoms with Gasteiger partial charge in [-0.3, -0.25) is 9.59 Å². The van der Waals surface area contributed by atoms with Crippen LogP contribution in [0.5, 0.6) is 0 Å². The molecule has 1 saturated heterocycles. The van der Waals surface area contributed by atoms with Crippen molar-refractivity contribution in [1.82, 2.24) is 19.9 Å². The number of amides is 1. The molecule has 1 aliphatic heterocycles. The number of aromatic amines is 1. The monoisotopic (exact) mass is 440 g/mol. The molecular weight excluding hydrogens is 416 g/mol. The van der Waals surface area contributed by atoms with Crippen molar-refractivity contribution >= 4 is 5.91 Å². The maximum Gasteiger partial charge on any atom is 0.272 e. The summed E-state index contributed by atoms with van der Waals surface area (Å²) in [5, 5.41) is 0. The zero-order valence-corrected chi connectivity index (χ0v) is 18.1. The van der Waals surface area contributed by atoms with Gasteiger partial charge in [-0.15, -0.1) is 0 Å². The minimum atomic E-state index is -0.348. The molecule has 1 aliphatic rings. The van der Waals surface area contributed by atoms with Crippen LogP contribution in [0.25, 0.3) is 11.4 Å². The lowest BCUT2D eigenvalue weighted by atomic mass is 9.97. The molecule has 7 heteroatoms. The van der Waals surface area contributed by atoms with Gasteiger partial charge in [-0.25, -0.2) is 9.97 Å². The quantitative estimate of drug-likeness (QED) is 0.506. The predicted octanol–water partition coefficient (Wildman–Crippen LogP) is 4.04. The van der Waals surface area contributed by atoms with Gasteiger partial charge < -0.3 is 14.3 Å². The first-order valence-corrected chi connectivity index (χ1v) is 11.1. The largest absolute Gasteiger partial charge is 0.445 e. The van der Waals surface area contributed by atoms with E-state index >= 15 is 0 Å². The summed E-state index contributed by atoms with van der Waals surface area (Å²) < 4.78 is 6.04. The SMILES string of the molecule is O=C(c1cc(=O)[nH]c(-c2ccccc2)n1)N1CCC[C@@H](c2ncc(Cc3ccccc3)o2)C1. The van der Waals surface area contributed by atoms with E-state index in [1.807, 2.05) is 48.5 Å². The predicted molar refractivity (Wildman–Crippen MR) is 124 cm³/mol. The smallest absolute Gasteiger partial charge is 0.272 e. The first-order valence-electron chi connectivity index (χ1n) is 11.1. The van der Waals surface area contributed by atoms with E-state index in [1.165, 1.54) is 6.07 Å². The molecule has 33 heavy (non-hydrogen) atoms. The molecule has 0 radical (unpaired) electrons. The van der Waals surface area contributed by atoms with Crippen molar-refractivity contribution in [2.75, 3.05) is 13.1 Å². The fourth-order valence-corrected chi connectivity index (χ4v) is 4.22. The van der Waals surface area contributed by atoms with Gasteiger partial charge >= 0.3 is 0 Å². The molecule has 0 unspecified atom stereocenters. The van der Waals surface area contributed by atoms with Crippen molar-refractivity contribution in [2.45, 2.75) is 25.2 Å². The molecule has 4 aromatic rings. The van der Waals surface area contributed by atoms with Crippen molar-refractivity contribution in [2.24, 2.45) is 0 Å². The fourth-order valence-electron chi connectivity index (χ4n) is 4.22. The van der Waals surface area contributed by atoms with Crippen LogP contribution in [0, 0.1) is 0 Å². The zero-order chi connectivity index (χ0) is 22.6. The van der Waals surface area contributed by atoms with Crippen LogP contribution in [-0.2, 0) is 6.42 Å². The lowest BCUT2D eigenvalue weighted by Gasteiger charge is -2.31. The number of hydrogen-bond acceptors (Lipinski definition) is 5.